The first-order chi connectivity index (χ1) is 8.43. The molecule has 1 aromatic carbocycles. The molecule has 18 heavy (non-hydrogen) atoms. The summed E-state index contributed by atoms with van der Waals surface area (Å²) in [5.74, 6) is -0.152. The highest BCUT2D eigenvalue weighted by Gasteiger charge is 2.30. The summed E-state index contributed by atoms with van der Waals surface area (Å²) in [5, 5.41) is 0. The Morgan fingerprint density at radius 2 is 1.78 bits per heavy atom. The Labute approximate surface area is 121 Å². The quantitative estimate of drug-likeness (QED) is 0.351. The number of rotatable bonds is 5. The number of hydrogen-bond donors (Lipinski definition) is 0. The first kappa shape index (κ1) is 15.1. The molecule has 0 aliphatic heterocycles. The molecule has 0 radical (unpaired) electrons. The van der Waals surface area contributed by atoms with E-state index in [0.717, 1.165) is 9.99 Å². The Kier molecular flexibility index (Phi) is 5.31. The van der Waals surface area contributed by atoms with Gasteiger partial charge < -0.3 is 4.74 Å². The van der Waals surface area contributed by atoms with E-state index >= 15 is 0 Å². The first-order valence-corrected chi connectivity index (χ1v) is 7.24. The number of esters is 1. The molecule has 0 saturated heterocycles. The molecule has 0 aliphatic rings. The van der Waals surface area contributed by atoms with Crippen LogP contribution in [0.5, 0.6) is 0 Å². The number of methoxy groups -OCH3 is 1. The van der Waals surface area contributed by atoms with Gasteiger partial charge in [0.2, 0.25) is 0 Å². The van der Waals surface area contributed by atoms with Crippen molar-refractivity contribution >= 4 is 34.3 Å². The number of ether oxygens (including phenoxy) is 1. The molecular weight excluding hydrogens is 343 g/mol. The van der Waals surface area contributed by atoms with Crippen LogP contribution in [-0.4, -0.2) is 23.3 Å². The fourth-order valence-corrected chi connectivity index (χ4v) is 2.17. The highest BCUT2D eigenvalue weighted by Crippen LogP contribution is 2.25. The van der Waals surface area contributed by atoms with Gasteiger partial charge in [-0.1, -0.05) is 46.9 Å². The molecule has 0 aliphatic carbocycles. The standard InChI is InChI=1S/C14H17IO3/c1-14(2,13(17)18-3)11-6-4-10(5-7-11)12(16)8-9-15/h4-7H,8-9H2,1-3H3. The molecule has 0 N–H and O–H groups in total. The molecule has 0 bridgehead atoms. The second kappa shape index (κ2) is 6.31. The largest absolute Gasteiger partial charge is 0.468 e. The van der Waals surface area contributed by atoms with Crippen LogP contribution in [0.4, 0.5) is 0 Å². The van der Waals surface area contributed by atoms with E-state index in [0.29, 0.717) is 12.0 Å². The minimum atomic E-state index is -0.695. The monoisotopic (exact) mass is 360 g/mol. The number of Topliss-reactive ketones (excluding diaryl/α,β-unsaturated/α-hetero) is 1. The molecule has 1 aromatic rings. The van der Waals surface area contributed by atoms with Crippen LogP contribution in [0.3, 0.4) is 0 Å². The van der Waals surface area contributed by atoms with Crippen LogP contribution >= 0.6 is 22.6 Å². The summed E-state index contributed by atoms with van der Waals surface area (Å²) in [6, 6.07) is 7.18. The Hall–Kier alpha value is -0.910. The second-order valence-electron chi connectivity index (χ2n) is 4.56. The first-order valence-electron chi connectivity index (χ1n) is 5.71. The number of benzene rings is 1. The summed E-state index contributed by atoms with van der Waals surface area (Å²) >= 11 is 2.18. The molecule has 0 atom stereocenters. The summed E-state index contributed by atoms with van der Waals surface area (Å²) in [4.78, 5) is 23.4. The van der Waals surface area contributed by atoms with Crippen molar-refractivity contribution < 1.29 is 14.3 Å². The normalized spacial score (nSPS) is 11.1. The van der Waals surface area contributed by atoms with E-state index in [1.165, 1.54) is 7.11 Å². The Bertz CT molecular complexity index is 435. The lowest BCUT2D eigenvalue weighted by Gasteiger charge is -2.22. The van der Waals surface area contributed by atoms with Gasteiger partial charge in [0.1, 0.15) is 0 Å². The van der Waals surface area contributed by atoms with E-state index in [-0.39, 0.29) is 11.8 Å². The van der Waals surface area contributed by atoms with E-state index in [4.69, 9.17) is 4.74 Å². The van der Waals surface area contributed by atoms with E-state index in [9.17, 15) is 9.59 Å². The van der Waals surface area contributed by atoms with Gasteiger partial charge in [-0.2, -0.15) is 0 Å². The lowest BCUT2D eigenvalue weighted by molar-refractivity contribution is -0.146. The molecular formula is C14H17IO3. The van der Waals surface area contributed by atoms with Crippen LogP contribution in [0.1, 0.15) is 36.2 Å². The van der Waals surface area contributed by atoms with Gasteiger partial charge in [0.15, 0.2) is 5.78 Å². The summed E-state index contributed by atoms with van der Waals surface area (Å²) in [5.41, 5.74) is 0.844. The third-order valence-corrected chi connectivity index (χ3v) is 3.49. The van der Waals surface area contributed by atoms with Crippen molar-refractivity contribution in [1.82, 2.24) is 0 Å². The summed E-state index contributed by atoms with van der Waals surface area (Å²) in [7, 11) is 1.38. The number of carbonyl (C=O) groups is 2. The molecule has 3 nitrogen and oxygen atoms in total. The molecule has 1 rings (SSSR count). The fourth-order valence-electron chi connectivity index (χ4n) is 1.68. The molecule has 0 aromatic heterocycles. The van der Waals surface area contributed by atoms with Gasteiger partial charge in [0.05, 0.1) is 12.5 Å². The number of halogens is 1. The van der Waals surface area contributed by atoms with Gasteiger partial charge in [-0.05, 0) is 19.4 Å². The number of hydrogen-bond acceptors (Lipinski definition) is 3. The van der Waals surface area contributed by atoms with Crippen molar-refractivity contribution in [3.63, 3.8) is 0 Å². The van der Waals surface area contributed by atoms with Crippen molar-refractivity contribution in [2.75, 3.05) is 11.5 Å². The predicted molar refractivity (Wildman–Crippen MR) is 79.3 cm³/mol. The molecule has 0 heterocycles. The average molecular weight is 360 g/mol. The lowest BCUT2D eigenvalue weighted by Crippen LogP contribution is -2.30. The van der Waals surface area contributed by atoms with Crippen molar-refractivity contribution in [2.45, 2.75) is 25.7 Å². The number of ketones is 1. The molecule has 0 amide bonds. The maximum absolute atomic E-state index is 11.7. The van der Waals surface area contributed by atoms with Crippen LogP contribution in [0.25, 0.3) is 0 Å². The summed E-state index contributed by atoms with van der Waals surface area (Å²) in [6.07, 6.45) is 0.542. The van der Waals surface area contributed by atoms with Crippen LogP contribution in [0.2, 0.25) is 0 Å². The Balaban J connectivity index is 2.95. The number of carbonyl (C=O) groups excluding carboxylic acids is 2. The average Bonchev–Trinajstić information content (AvgIpc) is 2.38. The van der Waals surface area contributed by atoms with Crippen molar-refractivity contribution in [3.8, 4) is 0 Å². The minimum Gasteiger partial charge on any atom is -0.468 e. The third kappa shape index (κ3) is 3.31. The molecule has 0 spiro atoms. The molecule has 98 valence electrons. The van der Waals surface area contributed by atoms with Gasteiger partial charge in [-0.15, -0.1) is 0 Å². The van der Waals surface area contributed by atoms with Gasteiger partial charge in [0, 0.05) is 16.4 Å². The maximum atomic E-state index is 11.7. The molecule has 0 saturated carbocycles. The van der Waals surface area contributed by atoms with Crippen molar-refractivity contribution in [1.29, 1.82) is 0 Å². The summed E-state index contributed by atoms with van der Waals surface area (Å²) < 4.78 is 5.59. The lowest BCUT2D eigenvalue weighted by atomic mass is 9.84. The van der Waals surface area contributed by atoms with E-state index in [1.54, 1.807) is 26.0 Å². The minimum absolute atomic E-state index is 0.131. The molecule has 0 unspecified atom stereocenters. The maximum Gasteiger partial charge on any atom is 0.315 e. The second-order valence-corrected chi connectivity index (χ2v) is 5.63. The van der Waals surface area contributed by atoms with Gasteiger partial charge in [-0.25, -0.2) is 0 Å². The van der Waals surface area contributed by atoms with E-state index in [1.807, 2.05) is 12.1 Å². The third-order valence-electron chi connectivity index (χ3n) is 2.95. The topological polar surface area (TPSA) is 43.4 Å². The van der Waals surface area contributed by atoms with Crippen LogP contribution in [0, 0.1) is 0 Å². The zero-order chi connectivity index (χ0) is 13.8. The Morgan fingerprint density at radius 3 is 2.22 bits per heavy atom. The highest BCUT2D eigenvalue weighted by molar-refractivity contribution is 14.1. The van der Waals surface area contributed by atoms with Crippen LogP contribution < -0.4 is 0 Å². The van der Waals surface area contributed by atoms with Crippen LogP contribution in [-0.2, 0) is 14.9 Å². The number of alkyl halides is 1. The van der Waals surface area contributed by atoms with Crippen molar-refractivity contribution in [2.24, 2.45) is 0 Å². The fraction of sp³-hybridized carbons (Fsp3) is 0.429. The zero-order valence-corrected chi connectivity index (χ0v) is 13.0. The smallest absolute Gasteiger partial charge is 0.315 e. The molecule has 0 fully saturated rings. The SMILES string of the molecule is COC(=O)C(C)(C)c1ccc(C(=O)CCI)cc1. The van der Waals surface area contributed by atoms with E-state index < -0.39 is 5.41 Å². The van der Waals surface area contributed by atoms with Gasteiger partial charge >= 0.3 is 5.97 Å². The Morgan fingerprint density at radius 1 is 1.22 bits per heavy atom. The van der Waals surface area contributed by atoms with Crippen molar-refractivity contribution in [3.05, 3.63) is 35.4 Å². The summed E-state index contributed by atoms with van der Waals surface area (Å²) in [6.45, 7) is 3.61. The highest BCUT2D eigenvalue weighted by atomic mass is 127. The van der Waals surface area contributed by atoms with Gasteiger partial charge in [0.25, 0.3) is 0 Å². The van der Waals surface area contributed by atoms with Crippen LogP contribution in [0.15, 0.2) is 24.3 Å². The predicted octanol–water partition coefficient (Wildman–Crippen LogP) is 3.15. The van der Waals surface area contributed by atoms with E-state index in [2.05, 4.69) is 22.6 Å². The zero-order valence-electron chi connectivity index (χ0n) is 10.8. The molecule has 4 heteroatoms. The van der Waals surface area contributed by atoms with Gasteiger partial charge in [-0.3, -0.25) is 9.59 Å².